The molecule has 1 fully saturated rings. The summed E-state index contributed by atoms with van der Waals surface area (Å²) in [6, 6.07) is 4.28. The minimum Gasteiger partial charge on any atom is -0.458 e. The molecule has 19 heavy (non-hydrogen) atoms. The lowest BCUT2D eigenvalue weighted by Crippen LogP contribution is -2.30. The Morgan fingerprint density at radius 2 is 2.21 bits per heavy atom. The number of ketones is 1. The summed E-state index contributed by atoms with van der Waals surface area (Å²) in [6.07, 6.45) is 1.07. The maximum Gasteiger partial charge on any atom is 0.343 e. The Hall–Kier alpha value is -1.69. The van der Waals surface area contributed by atoms with Gasteiger partial charge in [0.25, 0.3) is 0 Å². The summed E-state index contributed by atoms with van der Waals surface area (Å²) < 4.78 is 18.3. The minimum absolute atomic E-state index is 0.0291. The number of nitrogens with one attached hydrogen (secondary N) is 1. The topological polar surface area (TPSA) is 55.4 Å². The number of hydrogen-bond donors (Lipinski definition) is 1. The number of carbonyl (C=O) groups excluding carboxylic acids is 2. The van der Waals surface area contributed by atoms with Crippen LogP contribution >= 0.6 is 15.9 Å². The van der Waals surface area contributed by atoms with E-state index in [0.717, 1.165) is 0 Å². The second-order valence-electron chi connectivity index (χ2n) is 4.17. The van der Waals surface area contributed by atoms with Gasteiger partial charge in [-0.3, -0.25) is 4.79 Å². The van der Waals surface area contributed by atoms with Gasteiger partial charge in [0.1, 0.15) is 17.5 Å². The summed E-state index contributed by atoms with van der Waals surface area (Å²) in [6.45, 7) is 1.66. The van der Waals surface area contributed by atoms with Crippen LogP contribution in [0.1, 0.15) is 13.3 Å². The Morgan fingerprint density at radius 3 is 2.84 bits per heavy atom. The number of cyclic esters (lactones) is 1. The SMILES string of the molecule is CC1CC(=O)/C(=C/Nc2ccc(F)c(Br)c2)C(=O)O1. The van der Waals surface area contributed by atoms with Crippen molar-refractivity contribution in [2.45, 2.75) is 19.4 Å². The Morgan fingerprint density at radius 1 is 1.47 bits per heavy atom. The zero-order valence-corrected chi connectivity index (χ0v) is 11.7. The van der Waals surface area contributed by atoms with Gasteiger partial charge in [-0.05, 0) is 41.1 Å². The van der Waals surface area contributed by atoms with Crippen LogP contribution in [0.4, 0.5) is 10.1 Å². The molecule has 1 aliphatic rings. The zero-order valence-electron chi connectivity index (χ0n) is 10.1. The largest absolute Gasteiger partial charge is 0.458 e. The summed E-state index contributed by atoms with van der Waals surface area (Å²) in [5.74, 6) is -1.30. The lowest BCUT2D eigenvalue weighted by molar-refractivity contribution is -0.149. The molecule has 1 N–H and O–H groups in total. The number of anilines is 1. The van der Waals surface area contributed by atoms with Gasteiger partial charge < -0.3 is 10.1 Å². The first-order valence-corrected chi connectivity index (χ1v) is 6.42. The standard InChI is InChI=1S/C13H11BrFNO3/c1-7-4-12(17)9(13(18)19-7)6-16-8-2-3-11(15)10(14)5-8/h2-3,5-7,16H,4H2,1H3/b9-6-. The van der Waals surface area contributed by atoms with Crippen molar-refractivity contribution in [3.8, 4) is 0 Å². The third-order valence-electron chi connectivity index (χ3n) is 2.60. The number of Topliss-reactive ketones (excluding diaryl/α,β-unsaturated/α-hetero) is 1. The van der Waals surface area contributed by atoms with E-state index in [9.17, 15) is 14.0 Å². The van der Waals surface area contributed by atoms with Gasteiger partial charge in [0, 0.05) is 18.3 Å². The lowest BCUT2D eigenvalue weighted by Gasteiger charge is -2.19. The summed E-state index contributed by atoms with van der Waals surface area (Å²) in [7, 11) is 0. The average molecular weight is 328 g/mol. The van der Waals surface area contributed by atoms with E-state index in [1.807, 2.05) is 0 Å². The molecular formula is C13H11BrFNO3. The Balaban J connectivity index is 2.15. The number of carbonyl (C=O) groups is 2. The van der Waals surface area contributed by atoms with E-state index in [4.69, 9.17) is 4.74 Å². The lowest BCUT2D eigenvalue weighted by atomic mass is 10.0. The quantitative estimate of drug-likeness (QED) is 0.515. The molecule has 1 unspecified atom stereocenters. The highest BCUT2D eigenvalue weighted by molar-refractivity contribution is 9.10. The maximum atomic E-state index is 13.0. The Labute approximate surface area is 117 Å². The van der Waals surface area contributed by atoms with Crippen LogP contribution in [0.5, 0.6) is 0 Å². The summed E-state index contributed by atoms with van der Waals surface area (Å²) in [5, 5.41) is 2.78. The van der Waals surface area contributed by atoms with Gasteiger partial charge in [-0.15, -0.1) is 0 Å². The number of hydrogen-bond acceptors (Lipinski definition) is 4. The van der Waals surface area contributed by atoms with E-state index < -0.39 is 12.1 Å². The predicted octanol–water partition coefficient (Wildman–Crippen LogP) is 2.79. The number of benzene rings is 1. The van der Waals surface area contributed by atoms with Crippen molar-refractivity contribution in [1.82, 2.24) is 0 Å². The summed E-state index contributed by atoms with van der Waals surface area (Å²) in [5.41, 5.74) is 0.526. The molecule has 100 valence electrons. The first kappa shape index (κ1) is 13.7. The molecule has 1 atom stereocenters. The molecule has 2 rings (SSSR count). The second-order valence-corrected chi connectivity index (χ2v) is 5.03. The fraction of sp³-hybridized carbons (Fsp3) is 0.231. The monoisotopic (exact) mass is 327 g/mol. The Bertz CT molecular complexity index is 551. The summed E-state index contributed by atoms with van der Waals surface area (Å²) in [4.78, 5) is 23.2. The van der Waals surface area contributed by atoms with Crippen molar-refractivity contribution < 1.29 is 18.7 Å². The van der Waals surface area contributed by atoms with E-state index in [2.05, 4.69) is 21.2 Å². The highest BCUT2D eigenvalue weighted by Gasteiger charge is 2.29. The van der Waals surface area contributed by atoms with Crippen molar-refractivity contribution >= 4 is 33.4 Å². The van der Waals surface area contributed by atoms with Crippen LogP contribution in [0.3, 0.4) is 0 Å². The molecule has 1 saturated heterocycles. The smallest absolute Gasteiger partial charge is 0.343 e. The van der Waals surface area contributed by atoms with Gasteiger partial charge in [-0.25, -0.2) is 9.18 Å². The van der Waals surface area contributed by atoms with E-state index in [0.29, 0.717) is 10.2 Å². The molecule has 4 nitrogen and oxygen atoms in total. The van der Waals surface area contributed by atoms with Gasteiger partial charge in [-0.2, -0.15) is 0 Å². The number of halogens is 2. The van der Waals surface area contributed by atoms with Gasteiger partial charge in [0.15, 0.2) is 5.78 Å². The minimum atomic E-state index is -0.641. The molecule has 1 aliphatic heterocycles. The molecule has 1 heterocycles. The van der Waals surface area contributed by atoms with Crippen LogP contribution < -0.4 is 5.32 Å². The van der Waals surface area contributed by atoms with Gasteiger partial charge in [0.2, 0.25) is 0 Å². The molecule has 0 aliphatic carbocycles. The van der Waals surface area contributed by atoms with Crippen LogP contribution in [0, 0.1) is 5.82 Å². The second kappa shape index (κ2) is 5.52. The Kier molecular flexibility index (Phi) is 3.99. The van der Waals surface area contributed by atoms with E-state index in [1.54, 1.807) is 6.92 Å². The van der Waals surface area contributed by atoms with Gasteiger partial charge >= 0.3 is 5.97 Å². The van der Waals surface area contributed by atoms with Crippen molar-refractivity contribution in [3.63, 3.8) is 0 Å². The average Bonchev–Trinajstić information content (AvgIpc) is 2.32. The molecular weight excluding hydrogens is 317 g/mol. The van der Waals surface area contributed by atoms with Crippen molar-refractivity contribution in [2.24, 2.45) is 0 Å². The third kappa shape index (κ3) is 3.20. The number of esters is 1. The van der Waals surface area contributed by atoms with Gasteiger partial charge in [-0.1, -0.05) is 0 Å². The highest BCUT2D eigenvalue weighted by atomic mass is 79.9. The van der Waals surface area contributed by atoms with Crippen LogP contribution in [-0.4, -0.2) is 17.9 Å². The highest BCUT2D eigenvalue weighted by Crippen LogP contribution is 2.21. The van der Waals surface area contributed by atoms with Gasteiger partial charge in [0.05, 0.1) is 4.47 Å². The molecule has 0 saturated carbocycles. The van der Waals surface area contributed by atoms with Crippen molar-refractivity contribution in [2.75, 3.05) is 5.32 Å². The van der Waals surface area contributed by atoms with Crippen molar-refractivity contribution in [3.05, 3.63) is 40.3 Å². The normalized spacial score (nSPS) is 21.4. The fourth-order valence-electron chi connectivity index (χ4n) is 1.65. The molecule has 0 aromatic heterocycles. The molecule has 0 radical (unpaired) electrons. The van der Waals surface area contributed by atoms with Crippen LogP contribution in [-0.2, 0) is 14.3 Å². The zero-order chi connectivity index (χ0) is 14.0. The van der Waals surface area contributed by atoms with Crippen molar-refractivity contribution in [1.29, 1.82) is 0 Å². The van der Waals surface area contributed by atoms with E-state index in [-0.39, 0.29) is 23.6 Å². The van der Waals surface area contributed by atoms with Crippen LogP contribution in [0.2, 0.25) is 0 Å². The first-order chi connectivity index (χ1) is 8.97. The maximum absolute atomic E-state index is 13.0. The van der Waals surface area contributed by atoms with Crippen LogP contribution in [0.15, 0.2) is 34.4 Å². The fourth-order valence-corrected chi connectivity index (χ4v) is 2.03. The third-order valence-corrected chi connectivity index (χ3v) is 3.21. The first-order valence-electron chi connectivity index (χ1n) is 5.63. The number of rotatable bonds is 2. The molecule has 0 spiro atoms. The molecule has 0 amide bonds. The molecule has 6 heteroatoms. The number of ether oxygens (including phenoxy) is 1. The predicted molar refractivity (Wildman–Crippen MR) is 71.0 cm³/mol. The molecule has 0 bridgehead atoms. The van der Waals surface area contributed by atoms with E-state index >= 15 is 0 Å². The van der Waals surface area contributed by atoms with Crippen LogP contribution in [0.25, 0.3) is 0 Å². The summed E-state index contributed by atoms with van der Waals surface area (Å²) >= 11 is 3.05. The molecule has 1 aromatic rings. The molecule has 1 aromatic carbocycles. The van der Waals surface area contributed by atoms with E-state index in [1.165, 1.54) is 24.4 Å².